The van der Waals surface area contributed by atoms with Gasteiger partial charge in [-0.15, -0.1) is 0 Å². The number of fused-ring (bicyclic) bond motifs is 2. The Morgan fingerprint density at radius 2 is 1.88 bits per heavy atom. The van der Waals surface area contributed by atoms with Gasteiger partial charge in [0, 0.05) is 10.8 Å². The van der Waals surface area contributed by atoms with Gasteiger partial charge >= 0.3 is 0 Å². The topological polar surface area (TPSA) is 9.23 Å². The van der Waals surface area contributed by atoms with Crippen LogP contribution in [-0.4, -0.2) is 0 Å². The Morgan fingerprint density at radius 1 is 1.00 bits per heavy atom. The van der Waals surface area contributed by atoms with Crippen molar-refractivity contribution in [2.45, 2.75) is 6.92 Å². The third kappa shape index (κ3) is 1.41. The summed E-state index contributed by atoms with van der Waals surface area (Å²) in [5.74, 6) is 1.82. The van der Waals surface area contributed by atoms with E-state index in [1.54, 1.807) is 0 Å². The molecule has 1 nitrogen and oxygen atoms in total. The summed E-state index contributed by atoms with van der Waals surface area (Å²) in [6, 6.07) is 12.3. The predicted molar refractivity (Wildman–Crippen MR) is 66.0 cm³/mol. The SMILES string of the molecule is C=c1ccc2c(c1)Oc1cc(C)ccc1C=2. The van der Waals surface area contributed by atoms with Crippen molar-refractivity contribution in [2.24, 2.45) is 0 Å². The average Bonchev–Trinajstić information content (AvgIpc) is 2.26. The van der Waals surface area contributed by atoms with Crippen LogP contribution in [0, 0.1) is 6.92 Å². The molecule has 1 heteroatoms. The normalized spacial score (nSPS) is 12.1. The first-order chi connectivity index (χ1) is 7.72. The molecule has 1 aliphatic heterocycles. The highest BCUT2D eigenvalue weighted by atomic mass is 16.5. The number of hydrogen-bond acceptors (Lipinski definition) is 1. The quantitative estimate of drug-likeness (QED) is 0.551. The van der Waals surface area contributed by atoms with Gasteiger partial charge in [-0.3, -0.25) is 0 Å². The lowest BCUT2D eigenvalue weighted by atomic mass is 10.1. The average molecular weight is 208 g/mol. The first-order valence-corrected chi connectivity index (χ1v) is 5.32. The van der Waals surface area contributed by atoms with E-state index in [9.17, 15) is 0 Å². The molecule has 16 heavy (non-hydrogen) atoms. The maximum Gasteiger partial charge on any atom is 0.135 e. The third-order valence-electron chi connectivity index (χ3n) is 2.78. The van der Waals surface area contributed by atoms with Crippen LogP contribution < -0.4 is 15.2 Å². The van der Waals surface area contributed by atoms with E-state index in [1.165, 1.54) is 5.56 Å². The van der Waals surface area contributed by atoms with E-state index in [1.807, 2.05) is 18.2 Å². The van der Waals surface area contributed by atoms with Crippen molar-refractivity contribution in [1.82, 2.24) is 0 Å². The third-order valence-corrected chi connectivity index (χ3v) is 2.78. The minimum absolute atomic E-state index is 0.894. The zero-order valence-electron chi connectivity index (χ0n) is 9.16. The van der Waals surface area contributed by atoms with Crippen LogP contribution in [0.4, 0.5) is 0 Å². The molecule has 0 saturated heterocycles. The monoisotopic (exact) mass is 208 g/mol. The molecule has 2 aromatic rings. The first-order valence-electron chi connectivity index (χ1n) is 5.32. The lowest BCUT2D eigenvalue weighted by Gasteiger charge is -2.15. The smallest absolute Gasteiger partial charge is 0.135 e. The molecular formula is C15H12O. The van der Waals surface area contributed by atoms with Crippen LogP contribution in [0.5, 0.6) is 11.5 Å². The summed E-state index contributed by atoms with van der Waals surface area (Å²) in [7, 11) is 0. The number of rotatable bonds is 0. The van der Waals surface area contributed by atoms with E-state index in [-0.39, 0.29) is 0 Å². The Bertz CT molecular complexity index is 668. The maximum absolute atomic E-state index is 5.87. The molecule has 0 fully saturated rings. The Balaban J connectivity index is 2.29. The van der Waals surface area contributed by atoms with Crippen molar-refractivity contribution in [3.8, 4) is 11.5 Å². The van der Waals surface area contributed by atoms with E-state index in [4.69, 9.17) is 4.74 Å². The highest BCUT2D eigenvalue weighted by Crippen LogP contribution is 2.28. The Kier molecular flexibility index (Phi) is 1.87. The summed E-state index contributed by atoms with van der Waals surface area (Å²) >= 11 is 0. The number of benzene rings is 2. The minimum Gasteiger partial charge on any atom is -0.456 e. The molecule has 0 N–H and O–H groups in total. The molecule has 1 aliphatic rings. The van der Waals surface area contributed by atoms with Gasteiger partial charge in [-0.2, -0.15) is 0 Å². The van der Waals surface area contributed by atoms with Crippen LogP contribution in [0.1, 0.15) is 11.1 Å². The lowest BCUT2D eigenvalue weighted by molar-refractivity contribution is 0.472. The molecule has 0 atom stereocenters. The van der Waals surface area contributed by atoms with Gasteiger partial charge in [0.2, 0.25) is 0 Å². The zero-order valence-corrected chi connectivity index (χ0v) is 9.16. The van der Waals surface area contributed by atoms with Crippen molar-refractivity contribution in [3.05, 3.63) is 58.0 Å². The van der Waals surface area contributed by atoms with Gasteiger partial charge in [-0.05, 0) is 35.9 Å². The second-order valence-corrected chi connectivity index (χ2v) is 4.16. The fourth-order valence-corrected chi connectivity index (χ4v) is 1.92. The summed E-state index contributed by atoms with van der Waals surface area (Å²) in [4.78, 5) is 0. The Hall–Kier alpha value is -2.02. The van der Waals surface area contributed by atoms with Crippen molar-refractivity contribution >= 4 is 12.7 Å². The molecular weight excluding hydrogens is 196 g/mol. The Morgan fingerprint density at radius 3 is 2.75 bits per heavy atom. The Labute approximate surface area is 94.3 Å². The summed E-state index contributed by atoms with van der Waals surface area (Å²) in [5, 5.41) is 2.09. The van der Waals surface area contributed by atoms with Gasteiger partial charge in [-0.1, -0.05) is 30.8 Å². The minimum atomic E-state index is 0.894. The fourth-order valence-electron chi connectivity index (χ4n) is 1.92. The van der Waals surface area contributed by atoms with Crippen molar-refractivity contribution in [3.63, 3.8) is 0 Å². The second kappa shape index (κ2) is 3.24. The number of hydrogen-bond donors (Lipinski definition) is 0. The zero-order chi connectivity index (χ0) is 11.1. The van der Waals surface area contributed by atoms with Crippen LogP contribution in [0.15, 0.2) is 36.4 Å². The molecule has 2 aromatic carbocycles. The van der Waals surface area contributed by atoms with Gasteiger partial charge in [0.1, 0.15) is 11.5 Å². The van der Waals surface area contributed by atoms with Crippen molar-refractivity contribution in [1.29, 1.82) is 0 Å². The van der Waals surface area contributed by atoms with Gasteiger partial charge in [-0.25, -0.2) is 0 Å². The molecule has 0 amide bonds. The van der Waals surface area contributed by atoms with E-state index < -0.39 is 0 Å². The largest absolute Gasteiger partial charge is 0.456 e. The molecule has 0 unspecified atom stereocenters. The summed E-state index contributed by atoms with van der Waals surface area (Å²) < 4.78 is 5.87. The molecule has 0 spiro atoms. The van der Waals surface area contributed by atoms with Crippen LogP contribution in [0.3, 0.4) is 0 Å². The molecule has 0 aliphatic carbocycles. The van der Waals surface area contributed by atoms with Crippen LogP contribution in [0.2, 0.25) is 0 Å². The summed E-state index contributed by atoms with van der Waals surface area (Å²) in [6.45, 7) is 5.97. The van der Waals surface area contributed by atoms with E-state index in [0.29, 0.717) is 0 Å². The van der Waals surface area contributed by atoms with E-state index in [0.717, 1.165) is 27.5 Å². The molecule has 1 heterocycles. The number of aryl methyl sites for hydroxylation is 1. The molecule has 78 valence electrons. The standard InChI is InChI=1S/C15H12O/c1-10-3-5-12-9-13-6-4-11(2)8-15(13)16-14(12)7-10/h3-9H,1H2,2H3. The van der Waals surface area contributed by atoms with Crippen molar-refractivity contribution in [2.75, 3.05) is 0 Å². The van der Waals surface area contributed by atoms with Gasteiger partial charge in [0.25, 0.3) is 0 Å². The summed E-state index contributed by atoms with van der Waals surface area (Å²) in [6.07, 6.45) is 2.15. The van der Waals surface area contributed by atoms with Crippen LogP contribution >= 0.6 is 0 Å². The predicted octanol–water partition coefficient (Wildman–Crippen LogP) is 2.34. The molecule has 0 aromatic heterocycles. The second-order valence-electron chi connectivity index (χ2n) is 4.16. The van der Waals surface area contributed by atoms with E-state index >= 15 is 0 Å². The first kappa shape index (κ1) is 9.22. The highest BCUT2D eigenvalue weighted by Gasteiger charge is 2.09. The molecule has 0 saturated carbocycles. The van der Waals surface area contributed by atoms with E-state index in [2.05, 4.69) is 37.8 Å². The molecule has 3 rings (SSSR count). The van der Waals surface area contributed by atoms with Gasteiger partial charge < -0.3 is 4.74 Å². The van der Waals surface area contributed by atoms with Crippen LogP contribution in [0.25, 0.3) is 12.7 Å². The van der Waals surface area contributed by atoms with Crippen molar-refractivity contribution < 1.29 is 4.74 Å². The van der Waals surface area contributed by atoms with Gasteiger partial charge in [0.15, 0.2) is 0 Å². The maximum atomic E-state index is 5.87. The molecule has 0 radical (unpaired) electrons. The highest BCUT2D eigenvalue weighted by molar-refractivity contribution is 5.63. The van der Waals surface area contributed by atoms with Gasteiger partial charge in [0.05, 0.1) is 0 Å². The van der Waals surface area contributed by atoms with Crippen LogP contribution in [-0.2, 0) is 0 Å². The lowest BCUT2D eigenvalue weighted by Crippen LogP contribution is -2.14. The fraction of sp³-hybridized carbons (Fsp3) is 0.0667. The molecule has 0 bridgehead atoms. The number of ether oxygens (including phenoxy) is 1. The summed E-state index contributed by atoms with van der Waals surface area (Å²) in [5.41, 5.74) is 2.34.